The third-order valence-electron chi connectivity index (χ3n) is 3.73. The van der Waals surface area contributed by atoms with Crippen molar-refractivity contribution in [3.05, 3.63) is 35.4 Å². The molecule has 0 saturated carbocycles. The number of carbonyl (C=O) groups is 3. The molecule has 2 rings (SSSR count). The van der Waals surface area contributed by atoms with Gasteiger partial charge in [0.1, 0.15) is 0 Å². The molecule has 1 aliphatic heterocycles. The van der Waals surface area contributed by atoms with Gasteiger partial charge >= 0.3 is 11.9 Å². The lowest BCUT2D eigenvalue weighted by Gasteiger charge is -2.34. The van der Waals surface area contributed by atoms with Gasteiger partial charge in [-0.05, 0) is 31.3 Å². The molecule has 0 spiro atoms. The zero-order valence-electron chi connectivity index (χ0n) is 13.3. The van der Waals surface area contributed by atoms with Crippen LogP contribution in [0.4, 0.5) is 0 Å². The van der Waals surface area contributed by atoms with Gasteiger partial charge in [-0.3, -0.25) is 14.5 Å². The summed E-state index contributed by atoms with van der Waals surface area (Å²) >= 11 is 0. The molecule has 8 nitrogen and oxygen atoms in total. The fourth-order valence-corrected chi connectivity index (χ4v) is 2.60. The molecule has 24 heavy (non-hydrogen) atoms. The van der Waals surface area contributed by atoms with Crippen LogP contribution in [0.3, 0.4) is 0 Å². The van der Waals surface area contributed by atoms with E-state index >= 15 is 0 Å². The van der Waals surface area contributed by atoms with Crippen molar-refractivity contribution in [1.82, 2.24) is 9.80 Å². The molecule has 1 aromatic carbocycles. The van der Waals surface area contributed by atoms with Crippen LogP contribution in [-0.2, 0) is 9.53 Å². The van der Waals surface area contributed by atoms with Gasteiger partial charge in [0.05, 0.1) is 24.8 Å². The van der Waals surface area contributed by atoms with Crippen molar-refractivity contribution in [1.29, 1.82) is 0 Å². The van der Waals surface area contributed by atoms with Gasteiger partial charge in [0.15, 0.2) is 0 Å². The van der Waals surface area contributed by atoms with E-state index in [4.69, 9.17) is 14.9 Å². The quantitative estimate of drug-likeness (QED) is 0.766. The minimum Gasteiger partial charge on any atom is -0.480 e. The van der Waals surface area contributed by atoms with E-state index in [-0.39, 0.29) is 24.1 Å². The molecule has 1 aromatic rings. The molecule has 1 fully saturated rings. The van der Waals surface area contributed by atoms with Crippen molar-refractivity contribution >= 4 is 17.8 Å². The highest BCUT2D eigenvalue weighted by atomic mass is 16.5. The maximum Gasteiger partial charge on any atom is 0.335 e. The molecule has 1 heterocycles. The molecule has 8 heteroatoms. The average Bonchev–Trinajstić information content (AvgIpc) is 2.53. The molecule has 0 aromatic heterocycles. The third-order valence-corrected chi connectivity index (χ3v) is 3.73. The Hall–Kier alpha value is -2.45. The molecule has 2 N–H and O–H groups in total. The fraction of sp³-hybridized carbons (Fsp3) is 0.438. The first-order valence-corrected chi connectivity index (χ1v) is 7.51. The summed E-state index contributed by atoms with van der Waals surface area (Å²) in [5.74, 6) is -2.15. The molecular formula is C16H20N2O6. The van der Waals surface area contributed by atoms with Crippen molar-refractivity contribution in [2.24, 2.45) is 0 Å². The number of rotatable bonds is 6. The van der Waals surface area contributed by atoms with Crippen molar-refractivity contribution in [2.75, 3.05) is 39.8 Å². The Morgan fingerprint density at radius 2 is 1.83 bits per heavy atom. The monoisotopic (exact) mass is 336 g/mol. The third kappa shape index (κ3) is 4.77. The van der Waals surface area contributed by atoms with Crippen molar-refractivity contribution in [3.8, 4) is 0 Å². The van der Waals surface area contributed by atoms with Gasteiger partial charge in [0.2, 0.25) is 0 Å². The number of hydrogen-bond acceptors (Lipinski definition) is 5. The van der Waals surface area contributed by atoms with E-state index in [1.165, 1.54) is 24.3 Å². The summed E-state index contributed by atoms with van der Waals surface area (Å²) in [6.07, 6.45) is -0.259. The van der Waals surface area contributed by atoms with Gasteiger partial charge in [-0.25, -0.2) is 4.79 Å². The molecular weight excluding hydrogens is 316 g/mol. The summed E-state index contributed by atoms with van der Waals surface area (Å²) in [6, 6.07) is 5.78. The summed E-state index contributed by atoms with van der Waals surface area (Å²) in [5, 5.41) is 17.7. The Balaban J connectivity index is 1.96. The van der Waals surface area contributed by atoms with E-state index in [2.05, 4.69) is 0 Å². The predicted octanol–water partition coefficient (Wildman–Crippen LogP) is 0.242. The van der Waals surface area contributed by atoms with Crippen LogP contribution < -0.4 is 0 Å². The number of nitrogens with zero attached hydrogens (tertiary/aromatic N) is 2. The Morgan fingerprint density at radius 1 is 1.21 bits per heavy atom. The van der Waals surface area contributed by atoms with Gasteiger partial charge in [-0.15, -0.1) is 0 Å². The largest absolute Gasteiger partial charge is 0.480 e. The number of morpholine rings is 1. The van der Waals surface area contributed by atoms with Crippen LogP contribution in [0.5, 0.6) is 0 Å². The average molecular weight is 336 g/mol. The summed E-state index contributed by atoms with van der Waals surface area (Å²) in [5.41, 5.74) is 0.543. The number of carboxylic acids is 2. The second kappa shape index (κ2) is 7.89. The van der Waals surface area contributed by atoms with E-state index in [1.54, 1.807) is 16.8 Å². The van der Waals surface area contributed by atoms with Crippen LogP contribution in [0.1, 0.15) is 20.7 Å². The van der Waals surface area contributed by atoms with E-state index in [0.717, 1.165) is 0 Å². The van der Waals surface area contributed by atoms with Crippen molar-refractivity contribution < 1.29 is 29.3 Å². The SMILES string of the molecule is CN(CC(=O)O)CC1CN(C(=O)c2ccc(C(=O)O)cc2)CCO1. The summed E-state index contributed by atoms with van der Waals surface area (Å²) < 4.78 is 5.59. The van der Waals surface area contributed by atoms with Crippen LogP contribution in [0.2, 0.25) is 0 Å². The highest BCUT2D eigenvalue weighted by Crippen LogP contribution is 2.12. The van der Waals surface area contributed by atoms with E-state index < -0.39 is 11.9 Å². The highest BCUT2D eigenvalue weighted by molar-refractivity contribution is 5.96. The first-order valence-electron chi connectivity index (χ1n) is 7.51. The topological polar surface area (TPSA) is 107 Å². The van der Waals surface area contributed by atoms with Crippen molar-refractivity contribution in [3.63, 3.8) is 0 Å². The van der Waals surface area contributed by atoms with Gasteiger partial charge in [0, 0.05) is 25.2 Å². The number of amides is 1. The number of carboxylic acid groups (broad SMARTS) is 2. The number of carbonyl (C=O) groups excluding carboxylic acids is 1. The number of ether oxygens (including phenoxy) is 1. The smallest absolute Gasteiger partial charge is 0.335 e. The lowest BCUT2D eigenvalue weighted by molar-refractivity contribution is -0.138. The summed E-state index contributed by atoms with van der Waals surface area (Å²) in [7, 11) is 1.68. The zero-order valence-corrected chi connectivity index (χ0v) is 13.3. The molecule has 1 atom stereocenters. The molecule has 1 saturated heterocycles. The first kappa shape index (κ1) is 17.9. The number of likely N-dealkylation sites (N-methyl/N-ethyl adjacent to an activating group) is 1. The van der Waals surface area contributed by atoms with Crippen LogP contribution in [0.25, 0.3) is 0 Å². The van der Waals surface area contributed by atoms with E-state index in [1.807, 2.05) is 0 Å². The lowest BCUT2D eigenvalue weighted by Crippen LogP contribution is -2.49. The molecule has 1 unspecified atom stereocenters. The maximum atomic E-state index is 12.5. The number of hydrogen-bond donors (Lipinski definition) is 2. The standard InChI is InChI=1S/C16H20N2O6/c1-17(10-14(19)20)8-13-9-18(6-7-24-13)15(21)11-2-4-12(5-3-11)16(22)23/h2-5,13H,6-10H2,1H3,(H,19,20)(H,22,23). The van der Waals surface area contributed by atoms with Gasteiger partial charge in [-0.2, -0.15) is 0 Å². The molecule has 1 aliphatic rings. The Morgan fingerprint density at radius 3 is 2.42 bits per heavy atom. The Kier molecular flexibility index (Phi) is 5.88. The van der Waals surface area contributed by atoms with Crippen LogP contribution >= 0.6 is 0 Å². The predicted molar refractivity (Wildman–Crippen MR) is 84.2 cm³/mol. The second-order valence-corrected chi connectivity index (χ2v) is 5.72. The van der Waals surface area contributed by atoms with Crippen LogP contribution in [0.15, 0.2) is 24.3 Å². The molecule has 0 aliphatic carbocycles. The van der Waals surface area contributed by atoms with Gasteiger partial charge in [-0.1, -0.05) is 0 Å². The Bertz CT molecular complexity index is 615. The zero-order chi connectivity index (χ0) is 17.7. The fourth-order valence-electron chi connectivity index (χ4n) is 2.60. The number of aliphatic carboxylic acids is 1. The van der Waals surface area contributed by atoms with Crippen molar-refractivity contribution in [2.45, 2.75) is 6.10 Å². The van der Waals surface area contributed by atoms with E-state index in [0.29, 0.717) is 31.8 Å². The summed E-state index contributed by atoms with van der Waals surface area (Å²) in [4.78, 5) is 37.3. The van der Waals surface area contributed by atoms with Gasteiger partial charge in [0.25, 0.3) is 5.91 Å². The first-order chi connectivity index (χ1) is 11.4. The molecule has 130 valence electrons. The minimum absolute atomic E-state index is 0.0928. The molecule has 0 bridgehead atoms. The summed E-state index contributed by atoms with van der Waals surface area (Å²) in [6.45, 7) is 1.51. The molecule has 1 amide bonds. The number of benzene rings is 1. The second-order valence-electron chi connectivity index (χ2n) is 5.72. The van der Waals surface area contributed by atoms with Gasteiger partial charge < -0.3 is 19.8 Å². The lowest BCUT2D eigenvalue weighted by atomic mass is 10.1. The van der Waals surface area contributed by atoms with E-state index in [9.17, 15) is 14.4 Å². The normalized spacial score (nSPS) is 17.8. The Labute approximate surface area is 139 Å². The highest BCUT2D eigenvalue weighted by Gasteiger charge is 2.26. The number of aromatic carboxylic acids is 1. The minimum atomic E-state index is -1.04. The van der Waals surface area contributed by atoms with Crippen LogP contribution in [0, 0.1) is 0 Å². The maximum absolute atomic E-state index is 12.5. The van der Waals surface area contributed by atoms with Crippen LogP contribution in [-0.4, -0.2) is 83.8 Å². The molecule has 0 radical (unpaired) electrons.